The highest BCUT2D eigenvalue weighted by Crippen LogP contribution is 2.36. The molecule has 1 aromatic carbocycles. The fourth-order valence-electron chi connectivity index (χ4n) is 2.79. The van der Waals surface area contributed by atoms with E-state index in [9.17, 15) is 4.79 Å². The molecule has 6 nitrogen and oxygen atoms in total. The van der Waals surface area contributed by atoms with Crippen molar-refractivity contribution in [1.29, 1.82) is 0 Å². The quantitative estimate of drug-likeness (QED) is 0.517. The van der Waals surface area contributed by atoms with Crippen LogP contribution in [-0.4, -0.2) is 37.8 Å². The van der Waals surface area contributed by atoms with Gasteiger partial charge in [-0.05, 0) is 37.0 Å². The number of hydrogen-bond acceptors (Lipinski definition) is 6. The summed E-state index contributed by atoms with van der Waals surface area (Å²) in [5.41, 5.74) is 2.06. The Balaban J connectivity index is 2.43. The van der Waals surface area contributed by atoms with Gasteiger partial charge in [-0.15, -0.1) is 0 Å². The second-order valence-electron chi connectivity index (χ2n) is 7.67. The van der Waals surface area contributed by atoms with Gasteiger partial charge in [0.05, 0.1) is 26.0 Å². The molecule has 0 unspecified atom stereocenters. The summed E-state index contributed by atoms with van der Waals surface area (Å²) in [6.07, 6.45) is 3.20. The molecule has 1 heterocycles. The van der Waals surface area contributed by atoms with Crippen LogP contribution < -0.4 is 14.4 Å². The molecule has 6 heteroatoms. The Morgan fingerprint density at radius 1 is 1.03 bits per heavy atom. The van der Waals surface area contributed by atoms with E-state index in [2.05, 4.69) is 32.7 Å². The fourth-order valence-corrected chi connectivity index (χ4v) is 2.79. The van der Waals surface area contributed by atoms with Crippen molar-refractivity contribution in [3.8, 4) is 11.5 Å². The molecule has 0 bridgehead atoms. The van der Waals surface area contributed by atoms with Crippen LogP contribution >= 0.6 is 0 Å². The third kappa shape index (κ3) is 6.11. The molecule has 158 valence electrons. The number of methoxy groups -OCH3 is 1. The van der Waals surface area contributed by atoms with Crippen LogP contribution in [0.5, 0.6) is 11.5 Å². The number of anilines is 2. The molecular weight excluding hydrogens is 368 g/mol. The van der Waals surface area contributed by atoms with Gasteiger partial charge in [-0.2, -0.15) is 0 Å². The molecule has 0 amide bonds. The Labute approximate surface area is 173 Å². The lowest BCUT2D eigenvalue weighted by molar-refractivity contribution is 0.0601. The molecule has 0 aliphatic heterocycles. The Morgan fingerprint density at radius 3 is 2.28 bits per heavy atom. The SMILES string of the molecule is CCN(c1ccc(OCC(C)C)c(OCC(C)C)c1)c1ccncc1C(=O)OC. The summed E-state index contributed by atoms with van der Waals surface area (Å²) in [6, 6.07) is 7.68. The van der Waals surface area contributed by atoms with Gasteiger partial charge in [-0.1, -0.05) is 27.7 Å². The third-order valence-corrected chi connectivity index (χ3v) is 4.19. The molecule has 0 radical (unpaired) electrons. The van der Waals surface area contributed by atoms with Gasteiger partial charge in [0.15, 0.2) is 11.5 Å². The number of pyridine rings is 1. The molecule has 0 N–H and O–H groups in total. The minimum absolute atomic E-state index is 0.394. The van der Waals surface area contributed by atoms with Gasteiger partial charge in [0.2, 0.25) is 0 Å². The average molecular weight is 401 g/mol. The number of hydrogen-bond donors (Lipinski definition) is 0. The molecular formula is C23H32N2O4. The highest BCUT2D eigenvalue weighted by atomic mass is 16.5. The molecule has 0 saturated heterocycles. The summed E-state index contributed by atoms with van der Waals surface area (Å²) in [4.78, 5) is 18.3. The van der Waals surface area contributed by atoms with E-state index >= 15 is 0 Å². The molecule has 0 spiro atoms. The van der Waals surface area contributed by atoms with E-state index in [0.717, 1.165) is 17.1 Å². The Bertz CT molecular complexity index is 805. The van der Waals surface area contributed by atoms with Crippen molar-refractivity contribution in [3.05, 3.63) is 42.2 Å². The zero-order chi connectivity index (χ0) is 21.4. The van der Waals surface area contributed by atoms with Gasteiger partial charge in [-0.3, -0.25) is 4.98 Å². The summed E-state index contributed by atoms with van der Waals surface area (Å²) >= 11 is 0. The minimum atomic E-state index is -0.417. The first-order valence-electron chi connectivity index (χ1n) is 10.1. The molecule has 2 aromatic rings. The summed E-state index contributed by atoms with van der Waals surface area (Å²) in [5.74, 6) is 1.81. The smallest absolute Gasteiger partial charge is 0.341 e. The number of carbonyl (C=O) groups is 1. The lowest BCUT2D eigenvalue weighted by Crippen LogP contribution is -2.20. The second-order valence-corrected chi connectivity index (χ2v) is 7.67. The molecule has 0 aliphatic carbocycles. The largest absolute Gasteiger partial charge is 0.489 e. The number of aromatic nitrogens is 1. The molecule has 0 saturated carbocycles. The molecule has 2 rings (SSSR count). The van der Waals surface area contributed by atoms with Gasteiger partial charge in [0.25, 0.3) is 0 Å². The first kappa shape index (κ1) is 22.5. The van der Waals surface area contributed by atoms with E-state index in [1.165, 1.54) is 13.3 Å². The second kappa shape index (κ2) is 10.7. The van der Waals surface area contributed by atoms with Crippen molar-refractivity contribution in [3.63, 3.8) is 0 Å². The van der Waals surface area contributed by atoms with Gasteiger partial charge in [0, 0.05) is 30.7 Å². The maximum absolute atomic E-state index is 12.2. The third-order valence-electron chi connectivity index (χ3n) is 4.19. The summed E-state index contributed by atoms with van der Waals surface area (Å²) in [6.45, 7) is 12.3. The number of esters is 1. The van der Waals surface area contributed by atoms with Crippen molar-refractivity contribution in [2.24, 2.45) is 11.8 Å². The average Bonchev–Trinajstić information content (AvgIpc) is 2.71. The molecule has 0 aliphatic rings. The predicted octanol–water partition coefficient (Wildman–Crippen LogP) is 5.10. The highest BCUT2D eigenvalue weighted by Gasteiger charge is 2.19. The van der Waals surface area contributed by atoms with Gasteiger partial charge >= 0.3 is 5.97 Å². The Hall–Kier alpha value is -2.76. The fraction of sp³-hybridized carbons (Fsp3) is 0.478. The highest BCUT2D eigenvalue weighted by molar-refractivity contribution is 5.96. The van der Waals surface area contributed by atoms with Crippen LogP contribution in [0.1, 0.15) is 45.0 Å². The van der Waals surface area contributed by atoms with Crippen molar-refractivity contribution < 1.29 is 19.0 Å². The number of benzene rings is 1. The zero-order valence-corrected chi connectivity index (χ0v) is 18.3. The zero-order valence-electron chi connectivity index (χ0n) is 18.3. The van der Waals surface area contributed by atoms with Gasteiger partial charge in [0.1, 0.15) is 5.56 Å². The van der Waals surface area contributed by atoms with Crippen LogP contribution in [0.2, 0.25) is 0 Å². The lowest BCUT2D eigenvalue weighted by atomic mass is 10.1. The van der Waals surface area contributed by atoms with Crippen molar-refractivity contribution in [2.45, 2.75) is 34.6 Å². The summed E-state index contributed by atoms with van der Waals surface area (Å²) in [7, 11) is 1.37. The molecule has 29 heavy (non-hydrogen) atoms. The van der Waals surface area contributed by atoms with Gasteiger partial charge < -0.3 is 19.1 Å². The number of rotatable bonds is 10. The Kier molecular flexibility index (Phi) is 8.31. The van der Waals surface area contributed by atoms with E-state index in [4.69, 9.17) is 14.2 Å². The number of nitrogens with zero attached hydrogens (tertiary/aromatic N) is 2. The van der Waals surface area contributed by atoms with Crippen molar-refractivity contribution >= 4 is 17.3 Å². The van der Waals surface area contributed by atoms with E-state index < -0.39 is 5.97 Å². The minimum Gasteiger partial charge on any atom is -0.489 e. The first-order valence-corrected chi connectivity index (χ1v) is 10.1. The number of carbonyl (C=O) groups excluding carboxylic acids is 1. The van der Waals surface area contributed by atoms with E-state index in [1.807, 2.05) is 36.1 Å². The van der Waals surface area contributed by atoms with Crippen LogP contribution in [0.4, 0.5) is 11.4 Å². The maximum Gasteiger partial charge on any atom is 0.341 e. The summed E-state index contributed by atoms with van der Waals surface area (Å²) in [5, 5.41) is 0. The standard InChI is InChI=1S/C23H32N2O4/c1-7-25(20-10-11-24-13-19(20)23(26)27-6)18-8-9-21(28-14-16(2)3)22(12-18)29-15-17(4)5/h8-13,16-17H,7,14-15H2,1-6H3. The summed E-state index contributed by atoms with van der Waals surface area (Å²) < 4.78 is 16.9. The van der Waals surface area contributed by atoms with Crippen molar-refractivity contribution in [1.82, 2.24) is 4.98 Å². The van der Waals surface area contributed by atoms with Crippen LogP contribution in [0, 0.1) is 11.8 Å². The van der Waals surface area contributed by atoms with E-state index in [0.29, 0.717) is 42.9 Å². The molecule has 1 aromatic heterocycles. The van der Waals surface area contributed by atoms with Crippen LogP contribution in [0.25, 0.3) is 0 Å². The maximum atomic E-state index is 12.2. The molecule has 0 atom stereocenters. The number of ether oxygens (including phenoxy) is 3. The molecule has 0 fully saturated rings. The van der Waals surface area contributed by atoms with Crippen LogP contribution in [-0.2, 0) is 4.74 Å². The van der Waals surface area contributed by atoms with Crippen LogP contribution in [0.15, 0.2) is 36.7 Å². The first-order chi connectivity index (χ1) is 13.9. The monoisotopic (exact) mass is 400 g/mol. The lowest BCUT2D eigenvalue weighted by Gasteiger charge is -2.26. The van der Waals surface area contributed by atoms with Crippen molar-refractivity contribution in [2.75, 3.05) is 31.8 Å². The predicted molar refractivity (Wildman–Crippen MR) is 115 cm³/mol. The Morgan fingerprint density at radius 2 is 1.69 bits per heavy atom. The van der Waals surface area contributed by atoms with Gasteiger partial charge in [-0.25, -0.2) is 4.79 Å². The normalized spacial score (nSPS) is 10.9. The van der Waals surface area contributed by atoms with E-state index in [-0.39, 0.29) is 0 Å². The van der Waals surface area contributed by atoms with Crippen LogP contribution in [0.3, 0.4) is 0 Å². The van der Waals surface area contributed by atoms with E-state index in [1.54, 1.807) is 6.20 Å². The topological polar surface area (TPSA) is 60.9 Å².